The van der Waals surface area contributed by atoms with Gasteiger partial charge in [-0.1, -0.05) is 23.9 Å². The van der Waals surface area contributed by atoms with Gasteiger partial charge in [-0.2, -0.15) is 13.2 Å². The van der Waals surface area contributed by atoms with Gasteiger partial charge in [-0.25, -0.2) is 0 Å². The molecule has 4 nitrogen and oxygen atoms in total. The fourth-order valence-corrected chi connectivity index (χ4v) is 4.96. The van der Waals surface area contributed by atoms with Crippen LogP contribution in [0.5, 0.6) is 0 Å². The highest BCUT2D eigenvalue weighted by atomic mass is 32.2. The van der Waals surface area contributed by atoms with Crippen molar-refractivity contribution >= 4 is 34.7 Å². The highest BCUT2D eigenvalue weighted by Gasteiger charge is 2.34. The predicted molar refractivity (Wildman–Crippen MR) is 108 cm³/mol. The van der Waals surface area contributed by atoms with Gasteiger partial charge in [0.2, 0.25) is 5.91 Å². The van der Waals surface area contributed by atoms with E-state index in [0.29, 0.717) is 35.9 Å². The fourth-order valence-electron chi connectivity index (χ4n) is 3.89. The summed E-state index contributed by atoms with van der Waals surface area (Å²) < 4.78 is 40.4. The smallest absolute Gasteiger partial charge is 0.352 e. The average molecular weight is 421 g/mol. The Morgan fingerprint density at radius 1 is 1.14 bits per heavy atom. The minimum atomic E-state index is -4.49. The molecule has 0 aromatic heterocycles. The van der Waals surface area contributed by atoms with Crippen LogP contribution in [-0.2, 0) is 11.0 Å². The molecule has 0 spiro atoms. The van der Waals surface area contributed by atoms with E-state index in [1.165, 1.54) is 11.8 Å². The maximum absolute atomic E-state index is 13.5. The topological polar surface area (TPSA) is 67.2 Å². The highest BCUT2D eigenvalue weighted by Crippen LogP contribution is 2.49. The summed E-state index contributed by atoms with van der Waals surface area (Å²) in [7, 11) is 0. The first-order valence-corrected chi connectivity index (χ1v) is 10.5. The van der Waals surface area contributed by atoms with Crippen molar-refractivity contribution in [3.63, 3.8) is 0 Å². The summed E-state index contributed by atoms with van der Waals surface area (Å²) >= 11 is 1.27. The molecule has 0 unspecified atom stereocenters. The molecular formula is C21H22F3N3OS. The molecule has 4 N–H and O–H groups in total. The van der Waals surface area contributed by atoms with Crippen molar-refractivity contribution in [3.05, 3.63) is 42.0 Å². The van der Waals surface area contributed by atoms with Crippen molar-refractivity contribution in [1.82, 2.24) is 0 Å². The maximum Gasteiger partial charge on any atom is 0.416 e. The zero-order chi connectivity index (χ0) is 20.6. The first-order chi connectivity index (χ1) is 13.8. The largest absolute Gasteiger partial charge is 0.416 e. The first-order valence-electron chi connectivity index (χ1n) is 9.65. The minimum Gasteiger partial charge on any atom is -0.352 e. The van der Waals surface area contributed by atoms with Gasteiger partial charge in [-0.15, -0.1) is 0 Å². The number of hydrogen-bond acceptors (Lipinski definition) is 4. The lowest BCUT2D eigenvalue weighted by atomic mass is 9.81. The molecule has 0 saturated heterocycles. The van der Waals surface area contributed by atoms with Crippen molar-refractivity contribution < 1.29 is 18.0 Å². The molecule has 1 heterocycles. The Morgan fingerprint density at radius 3 is 2.55 bits per heavy atom. The molecule has 1 saturated carbocycles. The van der Waals surface area contributed by atoms with Gasteiger partial charge in [0.05, 0.1) is 22.6 Å². The Hall–Kier alpha value is -2.19. The highest BCUT2D eigenvalue weighted by molar-refractivity contribution is 7.99. The van der Waals surface area contributed by atoms with E-state index in [-0.39, 0.29) is 17.5 Å². The van der Waals surface area contributed by atoms with Crippen molar-refractivity contribution in [2.45, 2.75) is 41.7 Å². The average Bonchev–Trinajstić information content (AvgIpc) is 2.71. The van der Waals surface area contributed by atoms with E-state index in [9.17, 15) is 18.0 Å². The normalized spacial score (nSPS) is 21.0. The van der Waals surface area contributed by atoms with E-state index in [0.717, 1.165) is 35.6 Å². The Bertz CT molecular complexity index is 924. The number of amides is 1. The molecule has 1 aliphatic carbocycles. The number of fused-ring (bicyclic) bond motifs is 2. The standard InChI is InChI=1S/C21H22F3N3OS/c22-21(23,24)14-9-16(27-20(28)13-7-5-12(11-25)6-8-13)19-18(10-14)29-17-4-2-1-3-15(17)26-19/h1-4,9-10,12-13,26H,5-8,11,25H2,(H,27,28). The summed E-state index contributed by atoms with van der Waals surface area (Å²) in [6, 6.07) is 9.56. The second-order valence-corrected chi connectivity index (χ2v) is 8.64. The number of rotatable bonds is 3. The summed E-state index contributed by atoms with van der Waals surface area (Å²) in [4.78, 5) is 14.1. The number of hydrogen-bond donors (Lipinski definition) is 3. The van der Waals surface area contributed by atoms with Crippen LogP contribution in [0.15, 0.2) is 46.2 Å². The summed E-state index contributed by atoms with van der Waals surface area (Å²) in [5.74, 6) is -0.00545. The lowest BCUT2D eigenvalue weighted by molar-refractivity contribution is -0.137. The van der Waals surface area contributed by atoms with E-state index in [2.05, 4.69) is 10.6 Å². The van der Waals surface area contributed by atoms with Crippen molar-refractivity contribution in [3.8, 4) is 0 Å². The van der Waals surface area contributed by atoms with E-state index >= 15 is 0 Å². The van der Waals surface area contributed by atoms with Crippen LogP contribution in [0, 0.1) is 11.8 Å². The monoisotopic (exact) mass is 421 g/mol. The van der Waals surface area contributed by atoms with Crippen LogP contribution in [0.4, 0.5) is 30.2 Å². The molecule has 2 aromatic carbocycles. The van der Waals surface area contributed by atoms with E-state index in [1.807, 2.05) is 24.3 Å². The second kappa shape index (κ2) is 7.91. The molecule has 0 bridgehead atoms. The van der Waals surface area contributed by atoms with Crippen LogP contribution in [-0.4, -0.2) is 12.5 Å². The molecule has 0 atom stereocenters. The molecule has 1 fully saturated rings. The van der Waals surface area contributed by atoms with Gasteiger partial charge < -0.3 is 16.4 Å². The van der Waals surface area contributed by atoms with Crippen LogP contribution < -0.4 is 16.4 Å². The molecule has 2 aliphatic rings. The second-order valence-electron chi connectivity index (χ2n) is 7.56. The Kier molecular flexibility index (Phi) is 5.48. The predicted octanol–water partition coefficient (Wildman–Crippen LogP) is 5.62. The molecule has 1 aliphatic heterocycles. The minimum absolute atomic E-state index is 0.169. The molecule has 154 valence electrons. The van der Waals surface area contributed by atoms with Crippen LogP contribution in [0.3, 0.4) is 0 Å². The van der Waals surface area contributed by atoms with Gasteiger partial charge in [-0.3, -0.25) is 4.79 Å². The van der Waals surface area contributed by atoms with E-state index in [1.54, 1.807) is 0 Å². The lowest BCUT2D eigenvalue weighted by Gasteiger charge is -2.28. The van der Waals surface area contributed by atoms with Crippen LogP contribution in [0.1, 0.15) is 31.2 Å². The number of carbonyl (C=O) groups is 1. The number of anilines is 3. The molecule has 0 radical (unpaired) electrons. The van der Waals surface area contributed by atoms with Gasteiger partial charge >= 0.3 is 6.18 Å². The zero-order valence-corrected chi connectivity index (χ0v) is 16.5. The first kappa shape index (κ1) is 20.1. The number of nitrogens with two attached hydrogens (primary N) is 1. The summed E-state index contributed by atoms with van der Waals surface area (Å²) in [5.41, 5.74) is 6.42. The van der Waals surface area contributed by atoms with E-state index in [4.69, 9.17) is 5.73 Å². The van der Waals surface area contributed by atoms with Gasteiger partial charge in [0.25, 0.3) is 0 Å². The number of halogens is 3. The van der Waals surface area contributed by atoms with Crippen LogP contribution in [0.25, 0.3) is 0 Å². The summed E-state index contributed by atoms with van der Waals surface area (Å²) in [5, 5.41) is 5.96. The van der Waals surface area contributed by atoms with Crippen LogP contribution in [0.2, 0.25) is 0 Å². The van der Waals surface area contributed by atoms with Crippen molar-refractivity contribution in [2.75, 3.05) is 17.2 Å². The molecule has 29 heavy (non-hydrogen) atoms. The quantitative estimate of drug-likeness (QED) is 0.514. The van der Waals surface area contributed by atoms with Gasteiger partial charge in [0, 0.05) is 15.7 Å². The zero-order valence-electron chi connectivity index (χ0n) is 15.7. The third kappa shape index (κ3) is 4.23. The number of alkyl halides is 3. The van der Waals surface area contributed by atoms with Crippen molar-refractivity contribution in [2.24, 2.45) is 17.6 Å². The fraction of sp³-hybridized carbons (Fsp3) is 0.381. The Morgan fingerprint density at radius 2 is 1.86 bits per heavy atom. The summed E-state index contributed by atoms with van der Waals surface area (Å²) in [6.45, 7) is 0.607. The SMILES string of the molecule is NCC1CCC(C(=O)Nc2cc(C(F)(F)F)cc3c2Nc2ccccc2S3)CC1. The lowest BCUT2D eigenvalue weighted by Crippen LogP contribution is -2.29. The van der Waals surface area contributed by atoms with Gasteiger partial charge in [-0.05, 0) is 62.4 Å². The summed E-state index contributed by atoms with van der Waals surface area (Å²) in [6.07, 6.45) is -1.33. The Labute approximate surface area is 171 Å². The van der Waals surface area contributed by atoms with E-state index < -0.39 is 11.7 Å². The van der Waals surface area contributed by atoms with Crippen LogP contribution >= 0.6 is 11.8 Å². The third-order valence-corrected chi connectivity index (χ3v) is 6.72. The molecular weight excluding hydrogens is 399 g/mol. The number of nitrogens with one attached hydrogen (secondary N) is 2. The Balaban J connectivity index is 1.63. The maximum atomic E-state index is 13.5. The number of benzene rings is 2. The van der Waals surface area contributed by atoms with Gasteiger partial charge in [0.1, 0.15) is 0 Å². The third-order valence-electron chi connectivity index (χ3n) is 5.60. The van der Waals surface area contributed by atoms with Gasteiger partial charge in [0.15, 0.2) is 0 Å². The molecule has 4 rings (SSSR count). The molecule has 2 aromatic rings. The number of para-hydroxylation sites is 1. The number of carbonyl (C=O) groups excluding carboxylic acids is 1. The molecule has 1 amide bonds. The van der Waals surface area contributed by atoms with Crippen molar-refractivity contribution in [1.29, 1.82) is 0 Å². The molecule has 8 heteroatoms.